The first-order chi connectivity index (χ1) is 8.99. The summed E-state index contributed by atoms with van der Waals surface area (Å²) in [6.07, 6.45) is 1.57. The van der Waals surface area contributed by atoms with E-state index in [-0.39, 0.29) is 12.1 Å². The Morgan fingerprint density at radius 2 is 2.16 bits per heavy atom. The van der Waals surface area contributed by atoms with Crippen LogP contribution in [0.15, 0.2) is 35.4 Å². The summed E-state index contributed by atoms with van der Waals surface area (Å²) >= 11 is 0. The van der Waals surface area contributed by atoms with Gasteiger partial charge in [-0.15, -0.1) is 0 Å². The average Bonchev–Trinajstić information content (AvgIpc) is 2.37. The van der Waals surface area contributed by atoms with Gasteiger partial charge in [-0.05, 0) is 18.6 Å². The van der Waals surface area contributed by atoms with Gasteiger partial charge in [-0.1, -0.05) is 12.1 Å². The molecule has 0 aliphatic heterocycles. The van der Waals surface area contributed by atoms with Gasteiger partial charge in [0.25, 0.3) is 0 Å². The minimum absolute atomic E-state index is 0.187. The van der Waals surface area contributed by atoms with E-state index >= 15 is 0 Å². The van der Waals surface area contributed by atoms with Crippen LogP contribution in [-0.2, 0) is 6.54 Å². The molecular formula is C13H12F2N2O2. The number of rotatable bonds is 3. The van der Waals surface area contributed by atoms with Gasteiger partial charge in [-0.25, -0.2) is 18.6 Å². The third kappa shape index (κ3) is 2.85. The maximum atomic E-state index is 13.5. The summed E-state index contributed by atoms with van der Waals surface area (Å²) in [5.41, 5.74) is -0.0126. The average molecular weight is 266 g/mol. The predicted octanol–water partition coefficient (Wildman–Crippen LogP) is 1.56. The molecule has 6 heteroatoms. The normalized spacial score (nSPS) is 12.4. The quantitative estimate of drug-likeness (QED) is 0.917. The van der Waals surface area contributed by atoms with Crippen molar-refractivity contribution in [1.82, 2.24) is 9.55 Å². The Morgan fingerprint density at radius 3 is 2.89 bits per heavy atom. The molecule has 2 aromatic rings. The van der Waals surface area contributed by atoms with Crippen molar-refractivity contribution in [2.45, 2.75) is 19.6 Å². The van der Waals surface area contributed by atoms with E-state index in [1.807, 2.05) is 0 Å². The van der Waals surface area contributed by atoms with E-state index in [1.54, 1.807) is 6.92 Å². The van der Waals surface area contributed by atoms with Crippen molar-refractivity contribution in [3.8, 4) is 0 Å². The number of halogens is 2. The van der Waals surface area contributed by atoms with Crippen molar-refractivity contribution >= 4 is 0 Å². The van der Waals surface area contributed by atoms with Crippen molar-refractivity contribution in [3.63, 3.8) is 0 Å². The number of nitrogens with zero attached hydrogens (tertiary/aromatic N) is 2. The zero-order chi connectivity index (χ0) is 14.0. The summed E-state index contributed by atoms with van der Waals surface area (Å²) in [5.74, 6) is -2.14. The molecule has 1 atom stereocenters. The summed E-state index contributed by atoms with van der Waals surface area (Å²) in [6, 6.07) is 3.54. The molecule has 0 saturated heterocycles. The summed E-state index contributed by atoms with van der Waals surface area (Å²) in [7, 11) is 0. The van der Waals surface area contributed by atoms with Gasteiger partial charge in [0.15, 0.2) is 11.6 Å². The van der Waals surface area contributed by atoms with E-state index < -0.39 is 23.4 Å². The van der Waals surface area contributed by atoms with E-state index in [2.05, 4.69) is 4.98 Å². The minimum atomic E-state index is -1.32. The monoisotopic (exact) mass is 266 g/mol. The van der Waals surface area contributed by atoms with Gasteiger partial charge in [0.05, 0.1) is 12.6 Å². The SMILES string of the molecule is Cc1cnc(=O)n(CC(O)c2cccc(F)c2F)c1. The van der Waals surface area contributed by atoms with Crippen molar-refractivity contribution < 1.29 is 13.9 Å². The molecule has 1 aromatic heterocycles. The highest BCUT2D eigenvalue weighted by molar-refractivity contribution is 5.21. The zero-order valence-corrected chi connectivity index (χ0v) is 10.2. The molecule has 0 amide bonds. The third-order valence-electron chi connectivity index (χ3n) is 2.69. The molecule has 100 valence electrons. The van der Waals surface area contributed by atoms with Crippen LogP contribution < -0.4 is 5.69 Å². The molecule has 0 aliphatic rings. The van der Waals surface area contributed by atoms with Gasteiger partial charge in [0, 0.05) is 18.0 Å². The minimum Gasteiger partial charge on any atom is -0.386 e. The fourth-order valence-corrected chi connectivity index (χ4v) is 1.76. The predicted molar refractivity (Wildman–Crippen MR) is 64.6 cm³/mol. The molecule has 1 aromatic carbocycles. The molecule has 0 aliphatic carbocycles. The van der Waals surface area contributed by atoms with Crippen LogP contribution in [0.25, 0.3) is 0 Å². The molecule has 1 N–H and O–H groups in total. The lowest BCUT2D eigenvalue weighted by atomic mass is 10.1. The van der Waals surface area contributed by atoms with Crippen molar-refractivity contribution in [1.29, 1.82) is 0 Å². The smallest absolute Gasteiger partial charge is 0.347 e. The van der Waals surface area contributed by atoms with Crippen molar-refractivity contribution in [3.05, 3.63) is 63.8 Å². The lowest BCUT2D eigenvalue weighted by Gasteiger charge is -2.13. The second kappa shape index (κ2) is 5.27. The van der Waals surface area contributed by atoms with E-state index in [0.717, 1.165) is 16.2 Å². The molecule has 4 nitrogen and oxygen atoms in total. The Balaban J connectivity index is 2.30. The zero-order valence-electron chi connectivity index (χ0n) is 10.2. The van der Waals surface area contributed by atoms with Gasteiger partial charge in [-0.3, -0.25) is 4.57 Å². The Kier molecular flexibility index (Phi) is 3.71. The van der Waals surface area contributed by atoms with Crippen LogP contribution in [0.2, 0.25) is 0 Å². The molecule has 0 fully saturated rings. The van der Waals surface area contributed by atoms with Gasteiger partial charge < -0.3 is 5.11 Å². The number of hydrogen-bond donors (Lipinski definition) is 1. The Hall–Kier alpha value is -2.08. The number of benzene rings is 1. The maximum Gasteiger partial charge on any atom is 0.347 e. The Labute approximate surface area is 108 Å². The first kappa shape index (κ1) is 13.4. The topological polar surface area (TPSA) is 55.1 Å². The van der Waals surface area contributed by atoms with Gasteiger partial charge in [-0.2, -0.15) is 0 Å². The lowest BCUT2D eigenvalue weighted by molar-refractivity contribution is 0.149. The van der Waals surface area contributed by atoms with Crippen LogP contribution in [0, 0.1) is 18.6 Å². The maximum absolute atomic E-state index is 13.5. The molecule has 19 heavy (non-hydrogen) atoms. The molecule has 0 spiro atoms. The molecular weight excluding hydrogens is 254 g/mol. The van der Waals surface area contributed by atoms with Crippen LogP contribution in [0.3, 0.4) is 0 Å². The van der Waals surface area contributed by atoms with E-state index in [4.69, 9.17) is 0 Å². The first-order valence-electron chi connectivity index (χ1n) is 5.64. The number of aromatic nitrogens is 2. The highest BCUT2D eigenvalue weighted by Gasteiger charge is 2.16. The first-order valence-corrected chi connectivity index (χ1v) is 5.64. The van der Waals surface area contributed by atoms with Crippen LogP contribution in [0.1, 0.15) is 17.2 Å². The number of aliphatic hydroxyl groups is 1. The van der Waals surface area contributed by atoms with E-state index in [9.17, 15) is 18.7 Å². The summed E-state index contributed by atoms with van der Waals surface area (Å²) in [6.45, 7) is 1.55. The lowest BCUT2D eigenvalue weighted by Crippen LogP contribution is -2.25. The van der Waals surface area contributed by atoms with Crippen LogP contribution in [-0.4, -0.2) is 14.7 Å². The molecule has 1 heterocycles. The Bertz CT molecular complexity index is 655. The summed E-state index contributed by atoms with van der Waals surface area (Å²) in [4.78, 5) is 15.1. The largest absolute Gasteiger partial charge is 0.386 e. The van der Waals surface area contributed by atoms with Crippen LogP contribution in [0.4, 0.5) is 8.78 Å². The van der Waals surface area contributed by atoms with Crippen molar-refractivity contribution in [2.75, 3.05) is 0 Å². The second-order valence-electron chi connectivity index (χ2n) is 4.23. The molecule has 0 bridgehead atoms. The molecule has 1 unspecified atom stereocenters. The summed E-state index contributed by atoms with van der Waals surface area (Å²) < 4.78 is 27.7. The fraction of sp³-hybridized carbons (Fsp3) is 0.231. The Morgan fingerprint density at radius 1 is 1.42 bits per heavy atom. The standard InChI is InChI=1S/C13H12F2N2O2/c1-8-5-16-13(19)17(6-8)7-11(18)9-3-2-4-10(14)12(9)15/h2-6,11,18H,7H2,1H3. The van der Waals surface area contributed by atoms with E-state index in [1.165, 1.54) is 24.5 Å². The molecule has 2 rings (SSSR count). The van der Waals surface area contributed by atoms with E-state index in [0.29, 0.717) is 0 Å². The number of aryl methyl sites for hydroxylation is 1. The highest BCUT2D eigenvalue weighted by Crippen LogP contribution is 2.20. The third-order valence-corrected chi connectivity index (χ3v) is 2.69. The van der Waals surface area contributed by atoms with Crippen LogP contribution in [0.5, 0.6) is 0 Å². The van der Waals surface area contributed by atoms with Crippen LogP contribution >= 0.6 is 0 Å². The van der Waals surface area contributed by atoms with Gasteiger partial charge in [0.2, 0.25) is 0 Å². The molecule has 0 radical (unpaired) electrons. The van der Waals surface area contributed by atoms with Gasteiger partial charge in [0.1, 0.15) is 0 Å². The summed E-state index contributed by atoms with van der Waals surface area (Å²) in [5, 5.41) is 9.90. The highest BCUT2D eigenvalue weighted by atomic mass is 19.2. The fourth-order valence-electron chi connectivity index (χ4n) is 1.76. The van der Waals surface area contributed by atoms with Gasteiger partial charge >= 0.3 is 5.69 Å². The second-order valence-corrected chi connectivity index (χ2v) is 4.23. The number of hydrogen-bond acceptors (Lipinski definition) is 3. The van der Waals surface area contributed by atoms with Crippen molar-refractivity contribution in [2.24, 2.45) is 0 Å². The molecule has 0 saturated carbocycles. The number of aliphatic hydroxyl groups excluding tert-OH is 1.